The summed E-state index contributed by atoms with van der Waals surface area (Å²) in [5.41, 5.74) is -1.09. The van der Waals surface area contributed by atoms with Gasteiger partial charge in [-0.1, -0.05) is 32.6 Å². The smallest absolute Gasteiger partial charge is 0.329 e. The third-order valence-corrected chi connectivity index (χ3v) is 3.82. The van der Waals surface area contributed by atoms with Crippen molar-refractivity contribution in [2.75, 3.05) is 6.61 Å². The second kappa shape index (κ2) is 7.48. The van der Waals surface area contributed by atoms with Crippen molar-refractivity contribution in [3.63, 3.8) is 0 Å². The molecular formula is C14H25NO4. The zero-order valence-corrected chi connectivity index (χ0v) is 11.9. The summed E-state index contributed by atoms with van der Waals surface area (Å²) in [4.78, 5) is 23.4. The fourth-order valence-corrected chi connectivity index (χ4v) is 2.36. The molecular weight excluding hydrogens is 246 g/mol. The van der Waals surface area contributed by atoms with E-state index in [0.717, 1.165) is 32.1 Å². The van der Waals surface area contributed by atoms with Crippen LogP contribution in [-0.4, -0.2) is 35.2 Å². The number of hydrogen-bond donors (Lipinski definition) is 2. The maximum atomic E-state index is 11.9. The SMILES string of the molecule is CCC(C)OCC(=O)NC1(C(=O)O)CCCCCC1. The van der Waals surface area contributed by atoms with Crippen molar-refractivity contribution < 1.29 is 19.4 Å². The highest BCUT2D eigenvalue weighted by molar-refractivity contribution is 5.87. The van der Waals surface area contributed by atoms with Crippen LogP contribution in [-0.2, 0) is 14.3 Å². The van der Waals surface area contributed by atoms with E-state index in [2.05, 4.69) is 5.32 Å². The van der Waals surface area contributed by atoms with Crippen LogP contribution in [0.5, 0.6) is 0 Å². The third kappa shape index (κ3) is 4.82. The van der Waals surface area contributed by atoms with Crippen LogP contribution in [0, 0.1) is 0 Å². The molecule has 0 heterocycles. The second-order valence-corrected chi connectivity index (χ2v) is 5.38. The molecule has 2 N–H and O–H groups in total. The molecule has 19 heavy (non-hydrogen) atoms. The minimum Gasteiger partial charge on any atom is -0.480 e. The molecule has 5 heteroatoms. The first-order valence-electron chi connectivity index (χ1n) is 7.16. The molecule has 5 nitrogen and oxygen atoms in total. The molecule has 0 radical (unpaired) electrons. The molecule has 1 amide bonds. The number of carboxylic acid groups (broad SMARTS) is 1. The van der Waals surface area contributed by atoms with Crippen LogP contribution >= 0.6 is 0 Å². The van der Waals surface area contributed by atoms with Gasteiger partial charge in [-0.05, 0) is 26.2 Å². The molecule has 1 fully saturated rings. The molecule has 110 valence electrons. The predicted molar refractivity (Wildman–Crippen MR) is 71.9 cm³/mol. The van der Waals surface area contributed by atoms with Gasteiger partial charge in [0.05, 0.1) is 6.10 Å². The van der Waals surface area contributed by atoms with Gasteiger partial charge >= 0.3 is 5.97 Å². The molecule has 1 unspecified atom stereocenters. The summed E-state index contributed by atoms with van der Waals surface area (Å²) < 4.78 is 5.35. The largest absolute Gasteiger partial charge is 0.480 e. The first-order valence-corrected chi connectivity index (χ1v) is 7.16. The van der Waals surface area contributed by atoms with Crippen molar-refractivity contribution in [1.29, 1.82) is 0 Å². The first-order chi connectivity index (χ1) is 9.00. The Labute approximate surface area is 114 Å². The van der Waals surface area contributed by atoms with Gasteiger partial charge in [-0.25, -0.2) is 4.79 Å². The van der Waals surface area contributed by atoms with E-state index in [1.807, 2.05) is 13.8 Å². The van der Waals surface area contributed by atoms with Gasteiger partial charge in [0.25, 0.3) is 0 Å². The normalized spacial score (nSPS) is 20.3. The van der Waals surface area contributed by atoms with Crippen LogP contribution in [0.15, 0.2) is 0 Å². The van der Waals surface area contributed by atoms with E-state index in [0.29, 0.717) is 12.8 Å². The molecule has 0 aromatic carbocycles. The number of hydrogen-bond acceptors (Lipinski definition) is 3. The zero-order chi connectivity index (χ0) is 14.3. The van der Waals surface area contributed by atoms with E-state index >= 15 is 0 Å². The summed E-state index contributed by atoms with van der Waals surface area (Å²) in [6, 6.07) is 0. The van der Waals surface area contributed by atoms with Crippen LogP contribution in [0.3, 0.4) is 0 Å². The zero-order valence-electron chi connectivity index (χ0n) is 11.9. The number of nitrogens with one attached hydrogen (secondary N) is 1. The van der Waals surface area contributed by atoms with Crippen molar-refractivity contribution in [3.8, 4) is 0 Å². The summed E-state index contributed by atoms with van der Waals surface area (Å²) in [6.45, 7) is 3.81. The van der Waals surface area contributed by atoms with Gasteiger partial charge in [-0.2, -0.15) is 0 Å². The minimum absolute atomic E-state index is 0.0145. The van der Waals surface area contributed by atoms with Gasteiger partial charge in [0.2, 0.25) is 5.91 Å². The van der Waals surface area contributed by atoms with Gasteiger partial charge < -0.3 is 15.2 Å². The molecule has 0 aromatic heterocycles. The van der Waals surface area contributed by atoms with E-state index in [1.54, 1.807) is 0 Å². The number of carboxylic acids is 1. The summed E-state index contributed by atoms with van der Waals surface area (Å²) in [5, 5.41) is 12.1. The number of amides is 1. The lowest BCUT2D eigenvalue weighted by Gasteiger charge is -2.29. The Bertz CT molecular complexity index is 309. The van der Waals surface area contributed by atoms with E-state index in [4.69, 9.17) is 4.74 Å². The van der Waals surface area contributed by atoms with Crippen molar-refractivity contribution in [3.05, 3.63) is 0 Å². The van der Waals surface area contributed by atoms with E-state index in [-0.39, 0.29) is 18.6 Å². The molecule has 0 aliphatic heterocycles. The second-order valence-electron chi connectivity index (χ2n) is 5.38. The quantitative estimate of drug-likeness (QED) is 0.725. The highest BCUT2D eigenvalue weighted by Crippen LogP contribution is 2.27. The summed E-state index contributed by atoms with van der Waals surface area (Å²) in [7, 11) is 0. The maximum Gasteiger partial charge on any atom is 0.329 e. The first kappa shape index (κ1) is 16.0. The fraction of sp³-hybridized carbons (Fsp3) is 0.857. The Morgan fingerprint density at radius 3 is 2.32 bits per heavy atom. The molecule has 1 aliphatic rings. The van der Waals surface area contributed by atoms with Crippen molar-refractivity contribution in [2.24, 2.45) is 0 Å². The molecule has 0 bridgehead atoms. The van der Waals surface area contributed by atoms with Crippen molar-refractivity contribution in [1.82, 2.24) is 5.32 Å². The Balaban J connectivity index is 2.57. The lowest BCUT2D eigenvalue weighted by Crippen LogP contribution is -2.55. The molecule has 1 rings (SSSR count). The number of aliphatic carboxylic acids is 1. The Morgan fingerprint density at radius 2 is 1.84 bits per heavy atom. The fourth-order valence-electron chi connectivity index (χ4n) is 2.36. The average Bonchev–Trinajstić information content (AvgIpc) is 2.62. The summed E-state index contributed by atoms with van der Waals surface area (Å²) in [5.74, 6) is -1.25. The molecule has 0 saturated heterocycles. The van der Waals surface area contributed by atoms with E-state index < -0.39 is 11.5 Å². The van der Waals surface area contributed by atoms with Crippen LogP contribution < -0.4 is 5.32 Å². The molecule has 1 aliphatic carbocycles. The Kier molecular flexibility index (Phi) is 6.28. The number of rotatable bonds is 6. The van der Waals surface area contributed by atoms with Crippen LogP contribution in [0.2, 0.25) is 0 Å². The van der Waals surface area contributed by atoms with Gasteiger partial charge in [0.1, 0.15) is 12.1 Å². The maximum absolute atomic E-state index is 11.9. The predicted octanol–water partition coefficient (Wildman–Crippen LogP) is 2.10. The highest BCUT2D eigenvalue weighted by atomic mass is 16.5. The monoisotopic (exact) mass is 271 g/mol. The van der Waals surface area contributed by atoms with E-state index in [9.17, 15) is 14.7 Å². The molecule has 0 spiro atoms. The number of ether oxygens (including phenoxy) is 1. The topological polar surface area (TPSA) is 75.6 Å². The average molecular weight is 271 g/mol. The Morgan fingerprint density at radius 1 is 1.26 bits per heavy atom. The van der Waals surface area contributed by atoms with Gasteiger partial charge in [0, 0.05) is 0 Å². The number of carbonyl (C=O) groups excluding carboxylic acids is 1. The van der Waals surface area contributed by atoms with E-state index in [1.165, 1.54) is 0 Å². The number of carbonyl (C=O) groups is 2. The molecule has 0 aromatic rings. The Hall–Kier alpha value is -1.10. The highest BCUT2D eigenvalue weighted by Gasteiger charge is 2.39. The minimum atomic E-state index is -1.09. The van der Waals surface area contributed by atoms with Gasteiger partial charge in [0.15, 0.2) is 0 Å². The standard InChI is InChI=1S/C14H25NO4/c1-3-11(2)19-10-12(16)15-14(13(17)18)8-6-4-5-7-9-14/h11H,3-10H2,1-2H3,(H,15,16)(H,17,18). The van der Waals surface area contributed by atoms with Crippen LogP contribution in [0.4, 0.5) is 0 Å². The lowest BCUT2D eigenvalue weighted by molar-refractivity contribution is -0.149. The third-order valence-electron chi connectivity index (χ3n) is 3.82. The van der Waals surface area contributed by atoms with Crippen molar-refractivity contribution >= 4 is 11.9 Å². The van der Waals surface area contributed by atoms with Crippen molar-refractivity contribution in [2.45, 2.75) is 70.4 Å². The van der Waals surface area contributed by atoms with Gasteiger partial charge in [-0.3, -0.25) is 4.79 Å². The molecule has 1 saturated carbocycles. The molecule has 1 atom stereocenters. The van der Waals surface area contributed by atoms with Gasteiger partial charge in [-0.15, -0.1) is 0 Å². The lowest BCUT2D eigenvalue weighted by atomic mass is 9.90. The summed E-state index contributed by atoms with van der Waals surface area (Å²) in [6.07, 6.45) is 5.63. The summed E-state index contributed by atoms with van der Waals surface area (Å²) >= 11 is 0. The van der Waals surface area contributed by atoms with Crippen LogP contribution in [0.25, 0.3) is 0 Å². The van der Waals surface area contributed by atoms with Crippen LogP contribution in [0.1, 0.15) is 58.8 Å².